The van der Waals surface area contributed by atoms with Gasteiger partial charge in [0.25, 0.3) is 5.91 Å². The van der Waals surface area contributed by atoms with E-state index in [2.05, 4.69) is 5.32 Å². The molecule has 0 unspecified atom stereocenters. The number of rotatable bonds is 2. The van der Waals surface area contributed by atoms with Gasteiger partial charge in [-0.05, 0) is 43.2 Å². The number of amides is 1. The Hall–Kier alpha value is -1.80. The van der Waals surface area contributed by atoms with Gasteiger partial charge in [-0.25, -0.2) is 0 Å². The molecule has 0 spiro atoms. The van der Waals surface area contributed by atoms with Crippen LogP contribution in [0.2, 0.25) is 5.02 Å². The molecule has 0 atom stereocenters. The largest absolute Gasteiger partial charge is 0.322 e. The van der Waals surface area contributed by atoms with Crippen LogP contribution in [0.5, 0.6) is 0 Å². The molecule has 0 fully saturated rings. The van der Waals surface area contributed by atoms with Gasteiger partial charge in [-0.3, -0.25) is 4.79 Å². The highest BCUT2D eigenvalue weighted by Crippen LogP contribution is 2.23. The van der Waals surface area contributed by atoms with Crippen molar-refractivity contribution in [2.75, 3.05) is 5.32 Å². The maximum Gasteiger partial charge on any atom is 0.255 e. The first-order chi connectivity index (χ1) is 8.59. The minimum Gasteiger partial charge on any atom is -0.322 e. The number of hydrogen-bond donors (Lipinski definition) is 1. The maximum absolute atomic E-state index is 12.1. The molecule has 1 N–H and O–H groups in total. The van der Waals surface area contributed by atoms with Crippen LogP contribution in [0.4, 0.5) is 5.69 Å². The zero-order valence-corrected chi connectivity index (χ0v) is 11.1. The highest BCUT2D eigenvalue weighted by molar-refractivity contribution is 6.31. The van der Waals surface area contributed by atoms with E-state index in [1.165, 1.54) is 0 Å². The minimum absolute atomic E-state index is 0.113. The van der Waals surface area contributed by atoms with Crippen molar-refractivity contribution in [3.8, 4) is 0 Å². The number of benzene rings is 2. The van der Waals surface area contributed by atoms with Crippen molar-refractivity contribution in [1.29, 1.82) is 0 Å². The van der Waals surface area contributed by atoms with Crippen LogP contribution >= 0.6 is 11.6 Å². The first-order valence-corrected chi connectivity index (χ1v) is 6.09. The number of nitrogens with one attached hydrogen (secondary N) is 1. The molecule has 0 saturated carbocycles. The van der Waals surface area contributed by atoms with Crippen LogP contribution in [-0.4, -0.2) is 5.91 Å². The average Bonchev–Trinajstić information content (AvgIpc) is 2.35. The molecule has 0 bridgehead atoms. The van der Waals surface area contributed by atoms with Crippen molar-refractivity contribution < 1.29 is 4.79 Å². The molecule has 0 saturated heterocycles. The van der Waals surface area contributed by atoms with Crippen LogP contribution < -0.4 is 5.32 Å². The molecule has 2 aromatic carbocycles. The van der Waals surface area contributed by atoms with Crippen molar-refractivity contribution in [3.63, 3.8) is 0 Å². The van der Waals surface area contributed by atoms with Crippen molar-refractivity contribution in [2.24, 2.45) is 0 Å². The van der Waals surface area contributed by atoms with Crippen LogP contribution in [0.1, 0.15) is 21.5 Å². The molecule has 0 aromatic heterocycles. The van der Waals surface area contributed by atoms with E-state index in [4.69, 9.17) is 11.6 Å². The summed E-state index contributed by atoms with van der Waals surface area (Å²) in [6, 6.07) is 13.0. The quantitative estimate of drug-likeness (QED) is 0.860. The molecular formula is C15H14ClNO. The Bertz CT molecular complexity index is 593. The van der Waals surface area contributed by atoms with Crippen molar-refractivity contribution >= 4 is 23.2 Å². The van der Waals surface area contributed by atoms with Gasteiger partial charge < -0.3 is 5.32 Å². The van der Waals surface area contributed by atoms with E-state index in [-0.39, 0.29) is 5.91 Å². The van der Waals surface area contributed by atoms with Gasteiger partial charge in [-0.15, -0.1) is 0 Å². The molecule has 18 heavy (non-hydrogen) atoms. The molecular weight excluding hydrogens is 246 g/mol. The third-order valence-electron chi connectivity index (χ3n) is 2.91. The van der Waals surface area contributed by atoms with E-state index >= 15 is 0 Å². The summed E-state index contributed by atoms with van der Waals surface area (Å²) in [7, 11) is 0. The van der Waals surface area contributed by atoms with Crippen molar-refractivity contribution in [3.05, 3.63) is 64.2 Å². The lowest BCUT2D eigenvalue weighted by molar-refractivity contribution is 0.102. The lowest BCUT2D eigenvalue weighted by Gasteiger charge is -2.10. The normalized spacial score (nSPS) is 10.2. The summed E-state index contributed by atoms with van der Waals surface area (Å²) in [5.74, 6) is -0.113. The second-order valence-electron chi connectivity index (χ2n) is 4.18. The zero-order chi connectivity index (χ0) is 13.1. The molecule has 0 heterocycles. The molecule has 2 rings (SSSR count). The molecule has 2 nitrogen and oxygen atoms in total. The fourth-order valence-electron chi connectivity index (χ4n) is 1.76. The van der Waals surface area contributed by atoms with Gasteiger partial charge in [0.1, 0.15) is 0 Å². The van der Waals surface area contributed by atoms with E-state index in [0.29, 0.717) is 10.6 Å². The number of anilines is 1. The molecule has 1 amide bonds. The zero-order valence-electron chi connectivity index (χ0n) is 10.3. The lowest BCUT2D eigenvalue weighted by atomic mass is 10.1. The first-order valence-electron chi connectivity index (χ1n) is 5.71. The first kappa shape index (κ1) is 12.7. The number of carbonyl (C=O) groups excluding carboxylic acids is 1. The van der Waals surface area contributed by atoms with Gasteiger partial charge in [0.15, 0.2) is 0 Å². The Morgan fingerprint density at radius 2 is 1.78 bits per heavy atom. The van der Waals surface area contributed by atoms with Crippen LogP contribution in [-0.2, 0) is 0 Å². The highest BCUT2D eigenvalue weighted by Gasteiger charge is 2.10. The molecule has 0 aliphatic carbocycles. The van der Waals surface area contributed by atoms with Crippen LogP contribution in [0.15, 0.2) is 42.5 Å². The molecule has 0 aliphatic heterocycles. The number of halogens is 1. The predicted molar refractivity (Wildman–Crippen MR) is 75.3 cm³/mol. The summed E-state index contributed by atoms with van der Waals surface area (Å²) in [6.07, 6.45) is 0. The van der Waals surface area contributed by atoms with Crippen LogP contribution in [0.3, 0.4) is 0 Å². The van der Waals surface area contributed by atoms with Crippen LogP contribution in [0.25, 0.3) is 0 Å². The Kier molecular flexibility index (Phi) is 3.68. The van der Waals surface area contributed by atoms with E-state index < -0.39 is 0 Å². The molecule has 92 valence electrons. The lowest BCUT2D eigenvalue weighted by Crippen LogP contribution is -2.14. The average molecular weight is 260 g/mol. The molecule has 3 heteroatoms. The monoisotopic (exact) mass is 259 g/mol. The van der Waals surface area contributed by atoms with E-state index in [1.54, 1.807) is 6.07 Å². The Morgan fingerprint density at radius 1 is 1.06 bits per heavy atom. The van der Waals surface area contributed by atoms with Gasteiger partial charge in [0, 0.05) is 16.3 Å². The number of carbonyl (C=O) groups is 1. The highest BCUT2D eigenvalue weighted by atomic mass is 35.5. The summed E-state index contributed by atoms with van der Waals surface area (Å²) in [6.45, 7) is 3.80. The minimum atomic E-state index is -0.113. The molecule has 2 aromatic rings. The Morgan fingerprint density at radius 3 is 2.50 bits per heavy atom. The van der Waals surface area contributed by atoms with Gasteiger partial charge in [0.2, 0.25) is 0 Å². The Balaban J connectivity index is 2.27. The second-order valence-corrected chi connectivity index (χ2v) is 4.59. The summed E-state index contributed by atoms with van der Waals surface area (Å²) < 4.78 is 0. The summed E-state index contributed by atoms with van der Waals surface area (Å²) >= 11 is 6.02. The molecule has 0 radical (unpaired) electrons. The SMILES string of the molecule is Cc1ccccc1C(=O)Nc1cccc(Cl)c1C. The topological polar surface area (TPSA) is 29.1 Å². The fourth-order valence-corrected chi connectivity index (χ4v) is 1.93. The summed E-state index contributed by atoms with van der Waals surface area (Å²) in [4.78, 5) is 12.1. The number of hydrogen-bond acceptors (Lipinski definition) is 1. The van der Waals surface area contributed by atoms with Gasteiger partial charge >= 0.3 is 0 Å². The van der Waals surface area contributed by atoms with Gasteiger partial charge in [-0.1, -0.05) is 35.9 Å². The smallest absolute Gasteiger partial charge is 0.255 e. The Labute approximate surface area is 112 Å². The second kappa shape index (κ2) is 5.23. The van der Waals surface area contributed by atoms with Crippen molar-refractivity contribution in [1.82, 2.24) is 0 Å². The third-order valence-corrected chi connectivity index (χ3v) is 3.32. The van der Waals surface area contributed by atoms with E-state index in [9.17, 15) is 4.79 Å². The number of aryl methyl sites for hydroxylation is 1. The fraction of sp³-hybridized carbons (Fsp3) is 0.133. The maximum atomic E-state index is 12.1. The summed E-state index contributed by atoms with van der Waals surface area (Å²) in [5, 5.41) is 3.54. The van der Waals surface area contributed by atoms with Gasteiger partial charge in [0.05, 0.1) is 0 Å². The molecule has 0 aliphatic rings. The van der Waals surface area contributed by atoms with Crippen molar-refractivity contribution in [2.45, 2.75) is 13.8 Å². The standard InChI is InChI=1S/C15H14ClNO/c1-10-6-3-4-7-12(10)15(18)17-14-9-5-8-13(16)11(14)2/h3-9H,1-2H3,(H,17,18). The third kappa shape index (κ3) is 2.54. The van der Waals surface area contributed by atoms with E-state index in [1.807, 2.05) is 50.2 Å². The van der Waals surface area contributed by atoms with E-state index in [0.717, 1.165) is 16.8 Å². The van der Waals surface area contributed by atoms with Gasteiger partial charge in [-0.2, -0.15) is 0 Å². The predicted octanol–water partition coefficient (Wildman–Crippen LogP) is 4.21. The summed E-state index contributed by atoms with van der Waals surface area (Å²) in [5.41, 5.74) is 3.25. The van der Waals surface area contributed by atoms with Crippen LogP contribution in [0, 0.1) is 13.8 Å².